The molecule has 1 aliphatic rings. The number of hydrogen-bond donors (Lipinski definition) is 2. The fourth-order valence-corrected chi connectivity index (χ4v) is 2.15. The first-order valence-electron chi connectivity index (χ1n) is 6.94. The van der Waals surface area contributed by atoms with Crippen LogP contribution in [0.2, 0.25) is 0 Å². The van der Waals surface area contributed by atoms with Gasteiger partial charge in [0, 0.05) is 24.1 Å². The van der Waals surface area contributed by atoms with Gasteiger partial charge in [-0.05, 0) is 42.5 Å². The van der Waals surface area contributed by atoms with Crippen LogP contribution in [0.4, 0.5) is 4.39 Å². The monoisotopic (exact) mass is 291 g/mol. The molecule has 2 rings (SSSR count). The summed E-state index contributed by atoms with van der Waals surface area (Å²) in [6.45, 7) is 1.99. The van der Waals surface area contributed by atoms with Crippen molar-refractivity contribution in [3.05, 3.63) is 41.2 Å². The van der Waals surface area contributed by atoms with E-state index < -0.39 is 11.8 Å². The number of carboxylic acids is 1. The molecule has 0 aliphatic heterocycles. The summed E-state index contributed by atoms with van der Waals surface area (Å²) in [5.74, 6) is -1.12. The van der Waals surface area contributed by atoms with Crippen molar-refractivity contribution >= 4 is 18.0 Å². The smallest absolute Gasteiger partial charge is 0.328 e. The molecule has 0 spiro atoms. The Hall–Kier alpha value is -2.17. The van der Waals surface area contributed by atoms with Crippen molar-refractivity contribution in [2.24, 2.45) is 11.8 Å². The fourth-order valence-electron chi connectivity index (χ4n) is 2.15. The van der Waals surface area contributed by atoms with E-state index in [-0.39, 0.29) is 18.4 Å². The third-order valence-corrected chi connectivity index (χ3v) is 3.68. The van der Waals surface area contributed by atoms with Gasteiger partial charge >= 0.3 is 5.97 Å². The molecule has 1 aromatic carbocycles. The van der Waals surface area contributed by atoms with Gasteiger partial charge in [0.25, 0.3) is 0 Å². The maximum atomic E-state index is 13.7. The Morgan fingerprint density at radius 3 is 2.81 bits per heavy atom. The van der Waals surface area contributed by atoms with Gasteiger partial charge in [0.05, 0.1) is 0 Å². The predicted octanol–water partition coefficient (Wildman–Crippen LogP) is 2.59. The Morgan fingerprint density at radius 1 is 1.48 bits per heavy atom. The summed E-state index contributed by atoms with van der Waals surface area (Å²) >= 11 is 0. The summed E-state index contributed by atoms with van der Waals surface area (Å²) in [5.41, 5.74) is 0.928. The topological polar surface area (TPSA) is 66.4 Å². The standard InChI is InChI=1S/C16H18FNO3/c1-10(12-4-5-12)16(21)18-9-13-8-11(2-6-14(13)17)3-7-15(19)20/h2-3,6-8,10,12H,4-5,9H2,1H3,(H,18,21)(H,19,20)/b7-3+. The first kappa shape index (κ1) is 15.2. The molecule has 0 bridgehead atoms. The maximum Gasteiger partial charge on any atom is 0.328 e. The van der Waals surface area contributed by atoms with Crippen molar-refractivity contribution in [2.45, 2.75) is 26.3 Å². The Labute approximate surface area is 122 Å². The first-order chi connectivity index (χ1) is 9.97. The third-order valence-electron chi connectivity index (χ3n) is 3.68. The van der Waals surface area contributed by atoms with Gasteiger partial charge < -0.3 is 10.4 Å². The molecular formula is C16H18FNO3. The van der Waals surface area contributed by atoms with E-state index in [4.69, 9.17) is 5.11 Å². The van der Waals surface area contributed by atoms with Crippen molar-refractivity contribution in [3.8, 4) is 0 Å². The lowest BCUT2D eigenvalue weighted by Crippen LogP contribution is -2.30. The van der Waals surface area contributed by atoms with E-state index in [2.05, 4.69) is 5.32 Å². The second-order valence-corrected chi connectivity index (χ2v) is 5.37. The molecule has 1 aliphatic carbocycles. The number of nitrogens with one attached hydrogen (secondary N) is 1. The van der Waals surface area contributed by atoms with Crippen LogP contribution < -0.4 is 5.32 Å². The largest absolute Gasteiger partial charge is 0.478 e. The van der Waals surface area contributed by atoms with E-state index in [1.807, 2.05) is 6.92 Å². The van der Waals surface area contributed by atoms with Crippen LogP contribution in [0.5, 0.6) is 0 Å². The molecular weight excluding hydrogens is 273 g/mol. The molecule has 1 amide bonds. The lowest BCUT2D eigenvalue weighted by Gasteiger charge is -2.12. The van der Waals surface area contributed by atoms with Gasteiger partial charge in [-0.1, -0.05) is 13.0 Å². The zero-order chi connectivity index (χ0) is 15.4. The third kappa shape index (κ3) is 4.41. The van der Waals surface area contributed by atoms with Gasteiger partial charge in [0.2, 0.25) is 5.91 Å². The number of halogens is 1. The van der Waals surface area contributed by atoms with E-state index in [1.165, 1.54) is 24.3 Å². The average molecular weight is 291 g/mol. The number of hydrogen-bond acceptors (Lipinski definition) is 2. The summed E-state index contributed by atoms with van der Waals surface area (Å²) in [6.07, 6.45) is 4.54. The van der Waals surface area contributed by atoms with Crippen LogP contribution in [0.15, 0.2) is 24.3 Å². The molecule has 1 aromatic rings. The second kappa shape index (κ2) is 6.52. The molecule has 0 saturated heterocycles. The van der Waals surface area contributed by atoms with Crippen LogP contribution in [0, 0.1) is 17.7 Å². The molecule has 21 heavy (non-hydrogen) atoms. The minimum absolute atomic E-state index is 0.0387. The minimum atomic E-state index is -1.06. The van der Waals surface area contributed by atoms with Crippen molar-refractivity contribution < 1.29 is 19.1 Å². The summed E-state index contributed by atoms with van der Waals surface area (Å²) < 4.78 is 13.7. The van der Waals surface area contributed by atoms with Gasteiger partial charge in [0.15, 0.2) is 0 Å². The van der Waals surface area contributed by atoms with E-state index in [0.717, 1.165) is 18.9 Å². The van der Waals surface area contributed by atoms with Crippen LogP contribution in [0.3, 0.4) is 0 Å². The van der Waals surface area contributed by atoms with Crippen molar-refractivity contribution in [2.75, 3.05) is 0 Å². The predicted molar refractivity (Wildman–Crippen MR) is 76.8 cm³/mol. The molecule has 0 radical (unpaired) electrons. The van der Waals surface area contributed by atoms with E-state index >= 15 is 0 Å². The molecule has 1 atom stereocenters. The van der Waals surface area contributed by atoms with Crippen LogP contribution in [-0.2, 0) is 16.1 Å². The number of benzene rings is 1. The SMILES string of the molecule is CC(C(=O)NCc1cc(/C=C/C(=O)O)ccc1F)C1CC1. The van der Waals surface area contributed by atoms with Crippen LogP contribution in [0.1, 0.15) is 30.9 Å². The van der Waals surface area contributed by atoms with Crippen LogP contribution in [-0.4, -0.2) is 17.0 Å². The Morgan fingerprint density at radius 2 is 2.19 bits per heavy atom. The van der Waals surface area contributed by atoms with E-state index in [1.54, 1.807) is 0 Å². The number of rotatable bonds is 6. The Kier molecular flexibility index (Phi) is 4.73. The second-order valence-electron chi connectivity index (χ2n) is 5.37. The van der Waals surface area contributed by atoms with Crippen molar-refractivity contribution in [1.29, 1.82) is 0 Å². The molecule has 2 N–H and O–H groups in total. The minimum Gasteiger partial charge on any atom is -0.478 e. The van der Waals surface area contributed by atoms with Gasteiger partial charge in [-0.15, -0.1) is 0 Å². The molecule has 112 valence electrons. The number of aliphatic carboxylic acids is 1. The Bertz CT molecular complexity index is 579. The first-order valence-corrected chi connectivity index (χ1v) is 6.94. The number of carbonyl (C=O) groups is 2. The van der Waals surface area contributed by atoms with Gasteiger partial charge in [0.1, 0.15) is 5.82 Å². The fraction of sp³-hybridized carbons (Fsp3) is 0.375. The highest BCUT2D eigenvalue weighted by atomic mass is 19.1. The highest BCUT2D eigenvalue weighted by molar-refractivity contribution is 5.85. The maximum absolute atomic E-state index is 13.7. The zero-order valence-electron chi connectivity index (χ0n) is 11.8. The van der Waals surface area contributed by atoms with Crippen molar-refractivity contribution in [1.82, 2.24) is 5.32 Å². The zero-order valence-corrected chi connectivity index (χ0v) is 11.8. The molecule has 0 aromatic heterocycles. The average Bonchev–Trinajstić information content (AvgIpc) is 3.28. The summed E-state index contributed by atoms with van der Waals surface area (Å²) in [5, 5.41) is 11.3. The normalized spacial score (nSPS) is 15.9. The summed E-state index contributed by atoms with van der Waals surface area (Å²) in [4.78, 5) is 22.4. The molecule has 1 unspecified atom stereocenters. The van der Waals surface area contributed by atoms with E-state index in [9.17, 15) is 14.0 Å². The lowest BCUT2D eigenvalue weighted by molar-refractivity contribution is -0.131. The van der Waals surface area contributed by atoms with E-state index in [0.29, 0.717) is 17.0 Å². The van der Waals surface area contributed by atoms with Crippen LogP contribution in [0.25, 0.3) is 6.08 Å². The highest BCUT2D eigenvalue weighted by Crippen LogP contribution is 2.36. The lowest BCUT2D eigenvalue weighted by atomic mass is 10.1. The quantitative estimate of drug-likeness (QED) is 0.792. The number of carboxylic acid groups (broad SMARTS) is 1. The number of amides is 1. The van der Waals surface area contributed by atoms with Crippen LogP contribution >= 0.6 is 0 Å². The molecule has 1 fully saturated rings. The number of carbonyl (C=O) groups excluding carboxylic acids is 1. The highest BCUT2D eigenvalue weighted by Gasteiger charge is 2.32. The van der Waals surface area contributed by atoms with Crippen molar-refractivity contribution in [3.63, 3.8) is 0 Å². The summed E-state index contributed by atoms with van der Waals surface area (Å²) in [6, 6.07) is 4.30. The summed E-state index contributed by atoms with van der Waals surface area (Å²) in [7, 11) is 0. The molecule has 0 heterocycles. The molecule has 4 nitrogen and oxygen atoms in total. The molecule has 5 heteroatoms. The van der Waals surface area contributed by atoms with Gasteiger partial charge in [-0.2, -0.15) is 0 Å². The molecule has 1 saturated carbocycles. The van der Waals surface area contributed by atoms with Gasteiger partial charge in [-0.3, -0.25) is 4.79 Å². The van der Waals surface area contributed by atoms with Gasteiger partial charge in [-0.25, -0.2) is 9.18 Å². The Balaban J connectivity index is 1.99.